The molecule has 0 fully saturated rings. The second kappa shape index (κ2) is 5.49. The van der Waals surface area contributed by atoms with E-state index in [1.54, 1.807) is 17.9 Å². The van der Waals surface area contributed by atoms with Crippen LogP contribution in [-0.2, 0) is 0 Å². The van der Waals surface area contributed by atoms with Gasteiger partial charge in [-0.2, -0.15) is 0 Å². The maximum Gasteiger partial charge on any atom is 0.258 e. The van der Waals surface area contributed by atoms with Gasteiger partial charge < -0.3 is 9.88 Å². The lowest BCUT2D eigenvalue weighted by atomic mass is 10.2. The molecule has 0 aliphatic heterocycles. The van der Waals surface area contributed by atoms with E-state index in [0.717, 1.165) is 22.8 Å². The molecule has 3 aromatic rings. The average Bonchev–Trinajstić information content (AvgIpc) is 3.12. The van der Waals surface area contributed by atoms with Crippen LogP contribution in [0.25, 0.3) is 5.69 Å². The summed E-state index contributed by atoms with van der Waals surface area (Å²) in [5, 5.41) is 4.57. The molecule has 1 N–H and O–H groups in total. The Kier molecular flexibility index (Phi) is 3.53. The number of imidazole rings is 1. The molecule has 1 aromatic carbocycles. The van der Waals surface area contributed by atoms with Crippen molar-refractivity contribution in [2.24, 2.45) is 0 Å². The van der Waals surface area contributed by atoms with E-state index in [1.807, 2.05) is 42.7 Å². The molecule has 106 valence electrons. The summed E-state index contributed by atoms with van der Waals surface area (Å²) in [6, 6.07) is 7.66. The molecule has 1 amide bonds. The molecule has 0 aliphatic rings. The largest absolute Gasteiger partial charge is 0.322 e. The summed E-state index contributed by atoms with van der Waals surface area (Å²) in [6.07, 6.45) is 3.36. The number of rotatable bonds is 3. The summed E-state index contributed by atoms with van der Waals surface area (Å²) >= 11 is 1.26. The summed E-state index contributed by atoms with van der Waals surface area (Å²) in [6.45, 7) is 4.01. The number of carbonyl (C=O) groups excluding carboxylic acids is 1. The van der Waals surface area contributed by atoms with Gasteiger partial charge >= 0.3 is 0 Å². The van der Waals surface area contributed by atoms with E-state index in [-0.39, 0.29) is 5.91 Å². The third-order valence-corrected chi connectivity index (χ3v) is 3.94. The molecule has 3 rings (SSSR count). The Labute approximate surface area is 126 Å². The third-order valence-electron chi connectivity index (χ3n) is 3.35. The second-order valence-electron chi connectivity index (χ2n) is 4.70. The fourth-order valence-electron chi connectivity index (χ4n) is 1.98. The number of hydrogen-bond acceptors (Lipinski definition) is 4. The molecular weight excluding hydrogens is 284 g/mol. The Hall–Kier alpha value is -2.47. The Morgan fingerprint density at radius 1 is 1.24 bits per heavy atom. The van der Waals surface area contributed by atoms with Crippen molar-refractivity contribution >= 4 is 23.1 Å². The lowest BCUT2D eigenvalue weighted by Gasteiger charge is -2.08. The van der Waals surface area contributed by atoms with Gasteiger partial charge in [0.1, 0.15) is 0 Å². The van der Waals surface area contributed by atoms with Crippen LogP contribution in [0.2, 0.25) is 0 Å². The van der Waals surface area contributed by atoms with Gasteiger partial charge in [0.15, 0.2) is 0 Å². The van der Waals surface area contributed by atoms with Crippen LogP contribution in [0.5, 0.6) is 0 Å². The maximum absolute atomic E-state index is 11.9. The van der Waals surface area contributed by atoms with Gasteiger partial charge in [-0.3, -0.25) is 4.79 Å². The van der Waals surface area contributed by atoms with Crippen molar-refractivity contribution in [2.75, 3.05) is 5.32 Å². The number of aryl methyl sites for hydroxylation is 1. The van der Waals surface area contributed by atoms with Crippen LogP contribution in [0, 0.1) is 13.8 Å². The number of benzene rings is 1. The number of aromatic nitrogens is 3. The Morgan fingerprint density at radius 2 is 2.00 bits per heavy atom. The summed E-state index contributed by atoms with van der Waals surface area (Å²) in [7, 11) is 0. The molecule has 0 atom stereocenters. The van der Waals surface area contributed by atoms with E-state index in [2.05, 4.69) is 14.7 Å². The van der Waals surface area contributed by atoms with Crippen LogP contribution in [0.3, 0.4) is 0 Å². The number of nitrogens with one attached hydrogen (secondary N) is 1. The van der Waals surface area contributed by atoms with E-state index >= 15 is 0 Å². The van der Waals surface area contributed by atoms with Crippen LogP contribution >= 0.6 is 11.5 Å². The molecule has 0 spiro atoms. The molecule has 0 unspecified atom stereocenters. The zero-order valence-corrected chi connectivity index (χ0v) is 12.5. The first-order valence-electron chi connectivity index (χ1n) is 6.47. The molecule has 2 aromatic heterocycles. The molecule has 5 nitrogen and oxygen atoms in total. The molecule has 0 saturated heterocycles. The van der Waals surface area contributed by atoms with Gasteiger partial charge in [0.2, 0.25) is 0 Å². The van der Waals surface area contributed by atoms with E-state index in [1.165, 1.54) is 11.5 Å². The third kappa shape index (κ3) is 2.71. The zero-order valence-electron chi connectivity index (χ0n) is 11.7. The van der Waals surface area contributed by atoms with E-state index in [0.29, 0.717) is 5.56 Å². The van der Waals surface area contributed by atoms with Gasteiger partial charge in [0.05, 0.1) is 23.8 Å². The fraction of sp³-hybridized carbons (Fsp3) is 0.133. The monoisotopic (exact) mass is 298 g/mol. The Morgan fingerprint density at radius 3 is 2.57 bits per heavy atom. The number of carbonyl (C=O) groups is 1. The summed E-state index contributed by atoms with van der Waals surface area (Å²) < 4.78 is 5.94. The summed E-state index contributed by atoms with van der Waals surface area (Å²) in [5.41, 5.74) is 4.46. The van der Waals surface area contributed by atoms with Crippen LogP contribution in [0.1, 0.15) is 21.7 Å². The number of hydrogen-bond donors (Lipinski definition) is 1. The Balaban J connectivity index is 1.78. The van der Waals surface area contributed by atoms with Gasteiger partial charge in [0, 0.05) is 22.4 Å². The van der Waals surface area contributed by atoms with Crippen molar-refractivity contribution in [2.45, 2.75) is 13.8 Å². The van der Waals surface area contributed by atoms with Gasteiger partial charge in [-0.05, 0) is 49.6 Å². The first-order valence-corrected chi connectivity index (χ1v) is 7.30. The van der Waals surface area contributed by atoms with Crippen molar-refractivity contribution in [1.29, 1.82) is 0 Å². The highest BCUT2D eigenvalue weighted by Gasteiger charge is 2.08. The van der Waals surface area contributed by atoms with Crippen LogP contribution in [0.4, 0.5) is 5.69 Å². The summed E-state index contributed by atoms with van der Waals surface area (Å²) in [4.78, 5) is 16.2. The predicted octanol–water partition coefficient (Wildman–Crippen LogP) is 3.20. The minimum atomic E-state index is -0.147. The number of amides is 1. The Bertz CT molecular complexity index is 760. The van der Waals surface area contributed by atoms with Crippen LogP contribution in [-0.4, -0.2) is 19.8 Å². The molecular formula is C15H14N4OS. The molecule has 0 bridgehead atoms. The average molecular weight is 298 g/mol. The first-order chi connectivity index (χ1) is 10.1. The van der Waals surface area contributed by atoms with E-state index < -0.39 is 0 Å². The topological polar surface area (TPSA) is 59.8 Å². The molecule has 6 heteroatoms. The molecule has 0 radical (unpaired) electrons. The SMILES string of the molecule is Cc1ncn(-c2ccc(NC(=O)c3cnsc3)cc2)c1C. The van der Waals surface area contributed by atoms with Gasteiger partial charge in [-0.25, -0.2) is 9.36 Å². The van der Waals surface area contributed by atoms with Crippen molar-refractivity contribution < 1.29 is 4.79 Å². The van der Waals surface area contributed by atoms with E-state index in [9.17, 15) is 4.79 Å². The minimum absolute atomic E-state index is 0.147. The fourth-order valence-corrected chi connectivity index (χ4v) is 2.50. The normalized spacial score (nSPS) is 10.6. The van der Waals surface area contributed by atoms with Crippen LogP contribution in [0.15, 0.2) is 42.2 Å². The number of anilines is 1. The smallest absolute Gasteiger partial charge is 0.258 e. The van der Waals surface area contributed by atoms with Crippen molar-refractivity contribution in [1.82, 2.24) is 13.9 Å². The zero-order chi connectivity index (χ0) is 14.8. The van der Waals surface area contributed by atoms with Crippen molar-refractivity contribution in [3.63, 3.8) is 0 Å². The quantitative estimate of drug-likeness (QED) is 0.807. The van der Waals surface area contributed by atoms with Gasteiger partial charge in [-0.15, -0.1) is 0 Å². The lowest BCUT2D eigenvalue weighted by Crippen LogP contribution is -2.10. The van der Waals surface area contributed by atoms with Crippen molar-refractivity contribution in [3.8, 4) is 5.69 Å². The molecule has 21 heavy (non-hydrogen) atoms. The predicted molar refractivity (Wildman–Crippen MR) is 83.1 cm³/mol. The number of nitrogens with zero attached hydrogens (tertiary/aromatic N) is 3. The van der Waals surface area contributed by atoms with Crippen LogP contribution < -0.4 is 5.32 Å². The standard InChI is InChI=1S/C15H14N4OS/c1-10-11(2)19(9-16-10)14-5-3-13(4-6-14)18-15(20)12-7-17-21-8-12/h3-9H,1-2H3,(H,18,20). The molecule has 0 saturated carbocycles. The van der Waals surface area contributed by atoms with E-state index in [4.69, 9.17) is 0 Å². The highest BCUT2D eigenvalue weighted by atomic mass is 32.1. The van der Waals surface area contributed by atoms with Gasteiger partial charge in [0.25, 0.3) is 5.91 Å². The maximum atomic E-state index is 11.9. The highest BCUT2D eigenvalue weighted by Crippen LogP contribution is 2.17. The summed E-state index contributed by atoms with van der Waals surface area (Å²) in [5.74, 6) is -0.147. The minimum Gasteiger partial charge on any atom is -0.322 e. The van der Waals surface area contributed by atoms with Gasteiger partial charge in [-0.1, -0.05) is 0 Å². The second-order valence-corrected chi connectivity index (χ2v) is 5.36. The first kappa shape index (κ1) is 13.5. The highest BCUT2D eigenvalue weighted by molar-refractivity contribution is 7.03. The molecule has 0 aliphatic carbocycles. The van der Waals surface area contributed by atoms with Crippen molar-refractivity contribution in [3.05, 3.63) is 59.1 Å². The lowest BCUT2D eigenvalue weighted by molar-refractivity contribution is 0.102. The molecule has 2 heterocycles.